The van der Waals surface area contributed by atoms with Crippen LogP contribution in [0.5, 0.6) is 0 Å². The van der Waals surface area contributed by atoms with Gasteiger partial charge in [-0.25, -0.2) is 0 Å². The minimum atomic E-state index is -0.797. The third-order valence-corrected chi connectivity index (χ3v) is 3.55. The zero-order chi connectivity index (χ0) is 12.8. The van der Waals surface area contributed by atoms with Crippen molar-refractivity contribution in [3.8, 4) is 0 Å². The lowest BCUT2D eigenvalue weighted by atomic mass is 10.2. The largest absolute Gasteiger partial charge is 0.305 e. The molecule has 6 heteroatoms. The molecular formula is C11H20N2O3S. The predicted molar refractivity (Wildman–Crippen MR) is 67.0 cm³/mol. The molecule has 1 rings (SSSR count). The van der Waals surface area contributed by atoms with Crippen molar-refractivity contribution in [1.29, 1.82) is 0 Å². The number of nitrogens with one attached hydrogen (secondary N) is 1. The highest BCUT2D eigenvalue weighted by Crippen LogP contribution is 2.13. The van der Waals surface area contributed by atoms with Crippen molar-refractivity contribution in [2.75, 3.05) is 25.1 Å². The van der Waals surface area contributed by atoms with Crippen molar-refractivity contribution in [2.24, 2.45) is 0 Å². The van der Waals surface area contributed by atoms with Crippen LogP contribution in [0, 0.1) is 0 Å². The molecule has 1 fully saturated rings. The molecule has 0 aromatic carbocycles. The maximum absolute atomic E-state index is 11.8. The van der Waals surface area contributed by atoms with Gasteiger partial charge in [0, 0.05) is 29.4 Å². The molecule has 98 valence electrons. The first-order chi connectivity index (χ1) is 8.06. The highest BCUT2D eigenvalue weighted by molar-refractivity contribution is 7.84. The number of hydrogen-bond donors (Lipinski definition) is 1. The molecule has 1 N–H and O–H groups in total. The van der Waals surface area contributed by atoms with Gasteiger partial charge in [0.2, 0.25) is 11.8 Å². The summed E-state index contributed by atoms with van der Waals surface area (Å²) in [4.78, 5) is 24.7. The van der Waals surface area contributed by atoms with Crippen LogP contribution in [0.1, 0.15) is 26.2 Å². The molecule has 2 unspecified atom stereocenters. The second-order valence-corrected chi connectivity index (χ2v) is 5.78. The quantitative estimate of drug-likeness (QED) is 0.512. The van der Waals surface area contributed by atoms with Crippen LogP contribution in [-0.2, 0) is 20.4 Å². The number of likely N-dealkylation sites (tertiary alicyclic amines) is 1. The smallest absolute Gasteiger partial charge is 0.246 e. The van der Waals surface area contributed by atoms with Crippen LogP contribution >= 0.6 is 0 Å². The molecule has 1 aliphatic heterocycles. The first-order valence-electron chi connectivity index (χ1n) is 5.94. The Labute approximate surface area is 104 Å². The van der Waals surface area contributed by atoms with E-state index in [0.717, 1.165) is 12.8 Å². The summed E-state index contributed by atoms with van der Waals surface area (Å²) in [6, 6.07) is -0.376. The molecule has 0 bridgehead atoms. The standard InChI is InChI=1S/C11H20N2O3S/c1-3-6-13-10(14)8-9(11(13)15)12-5-4-7-17(2)16/h9,12H,3-8H2,1-2H3. The van der Waals surface area contributed by atoms with E-state index in [1.807, 2.05) is 6.92 Å². The van der Waals surface area contributed by atoms with Gasteiger partial charge in [0.05, 0.1) is 12.5 Å². The molecular weight excluding hydrogens is 240 g/mol. The molecule has 2 amide bonds. The van der Waals surface area contributed by atoms with Crippen molar-refractivity contribution in [3.63, 3.8) is 0 Å². The van der Waals surface area contributed by atoms with Crippen LogP contribution in [0.25, 0.3) is 0 Å². The fourth-order valence-electron chi connectivity index (χ4n) is 1.85. The number of rotatable bonds is 7. The Balaban J connectivity index is 2.33. The number of carbonyl (C=O) groups is 2. The van der Waals surface area contributed by atoms with Gasteiger partial charge >= 0.3 is 0 Å². The molecule has 17 heavy (non-hydrogen) atoms. The minimum absolute atomic E-state index is 0.0894. The highest BCUT2D eigenvalue weighted by Gasteiger charge is 2.37. The van der Waals surface area contributed by atoms with E-state index in [-0.39, 0.29) is 24.3 Å². The number of imide groups is 1. The summed E-state index contributed by atoms with van der Waals surface area (Å²) >= 11 is 0. The van der Waals surface area contributed by atoms with Gasteiger partial charge in [-0.1, -0.05) is 6.92 Å². The van der Waals surface area contributed by atoms with Gasteiger partial charge < -0.3 is 5.32 Å². The molecule has 0 spiro atoms. The van der Waals surface area contributed by atoms with Gasteiger partial charge in [0.15, 0.2) is 0 Å². The summed E-state index contributed by atoms with van der Waals surface area (Å²) in [5, 5.41) is 3.06. The zero-order valence-electron chi connectivity index (χ0n) is 10.4. The molecule has 0 saturated carbocycles. The van der Waals surface area contributed by atoms with Gasteiger partial charge in [-0.05, 0) is 19.4 Å². The van der Waals surface area contributed by atoms with E-state index >= 15 is 0 Å². The van der Waals surface area contributed by atoms with Gasteiger partial charge in [-0.3, -0.25) is 18.7 Å². The Morgan fingerprint density at radius 3 is 2.76 bits per heavy atom. The summed E-state index contributed by atoms with van der Waals surface area (Å²) in [5.74, 6) is 0.420. The molecule has 5 nitrogen and oxygen atoms in total. The zero-order valence-corrected chi connectivity index (χ0v) is 11.2. The van der Waals surface area contributed by atoms with Crippen molar-refractivity contribution in [1.82, 2.24) is 10.2 Å². The predicted octanol–water partition coefficient (Wildman–Crippen LogP) is -0.118. The van der Waals surface area contributed by atoms with E-state index < -0.39 is 10.8 Å². The lowest BCUT2D eigenvalue weighted by Gasteiger charge is -2.14. The second-order valence-electron chi connectivity index (χ2n) is 4.23. The molecule has 0 aromatic heterocycles. The molecule has 1 saturated heterocycles. The van der Waals surface area contributed by atoms with Gasteiger partial charge in [-0.2, -0.15) is 0 Å². The van der Waals surface area contributed by atoms with E-state index in [2.05, 4.69) is 5.32 Å². The Kier molecular flexibility index (Phi) is 5.77. The molecule has 0 aliphatic carbocycles. The SMILES string of the molecule is CCCN1C(=O)CC(NCCCS(C)=O)C1=O. The third-order valence-electron chi connectivity index (χ3n) is 2.69. The summed E-state index contributed by atoms with van der Waals surface area (Å²) in [7, 11) is -0.797. The first-order valence-corrected chi connectivity index (χ1v) is 7.66. The summed E-state index contributed by atoms with van der Waals surface area (Å²) in [5.41, 5.74) is 0. The lowest BCUT2D eigenvalue weighted by molar-refractivity contribution is -0.138. The molecule has 2 atom stereocenters. The van der Waals surface area contributed by atoms with E-state index in [0.29, 0.717) is 18.8 Å². The Hall–Kier alpha value is -0.750. The Morgan fingerprint density at radius 1 is 1.47 bits per heavy atom. The molecule has 1 aliphatic rings. The average molecular weight is 260 g/mol. The van der Waals surface area contributed by atoms with Crippen LogP contribution in [0.2, 0.25) is 0 Å². The summed E-state index contributed by atoms with van der Waals surface area (Å²) < 4.78 is 10.8. The first kappa shape index (κ1) is 14.3. The normalized spacial score (nSPS) is 22.2. The van der Waals surface area contributed by atoms with Crippen LogP contribution in [0.3, 0.4) is 0 Å². The van der Waals surface area contributed by atoms with Crippen molar-refractivity contribution < 1.29 is 13.8 Å². The number of amides is 2. The van der Waals surface area contributed by atoms with Crippen molar-refractivity contribution >= 4 is 22.6 Å². The number of nitrogens with zero attached hydrogens (tertiary/aromatic N) is 1. The van der Waals surface area contributed by atoms with Crippen LogP contribution in [0.4, 0.5) is 0 Å². The Bertz CT molecular complexity index is 320. The van der Waals surface area contributed by atoms with E-state index in [1.165, 1.54) is 4.90 Å². The van der Waals surface area contributed by atoms with E-state index in [9.17, 15) is 13.8 Å². The molecule has 0 radical (unpaired) electrons. The van der Waals surface area contributed by atoms with Crippen LogP contribution in [0.15, 0.2) is 0 Å². The summed E-state index contributed by atoms with van der Waals surface area (Å²) in [6.45, 7) is 3.08. The maximum Gasteiger partial charge on any atom is 0.246 e. The second kappa shape index (κ2) is 6.86. The fraction of sp³-hybridized carbons (Fsp3) is 0.818. The van der Waals surface area contributed by atoms with Crippen LogP contribution in [-0.4, -0.2) is 52.1 Å². The van der Waals surface area contributed by atoms with Gasteiger partial charge in [0.1, 0.15) is 0 Å². The number of carbonyl (C=O) groups excluding carboxylic acids is 2. The topological polar surface area (TPSA) is 66.5 Å². The Morgan fingerprint density at radius 2 is 2.18 bits per heavy atom. The average Bonchev–Trinajstić information content (AvgIpc) is 2.52. The van der Waals surface area contributed by atoms with Crippen molar-refractivity contribution in [3.05, 3.63) is 0 Å². The summed E-state index contributed by atoms with van der Waals surface area (Å²) in [6.07, 6.45) is 3.47. The fourth-order valence-corrected chi connectivity index (χ4v) is 2.40. The third kappa shape index (κ3) is 4.20. The highest BCUT2D eigenvalue weighted by atomic mass is 32.2. The van der Waals surface area contributed by atoms with E-state index in [4.69, 9.17) is 0 Å². The molecule has 0 aromatic rings. The van der Waals surface area contributed by atoms with Crippen molar-refractivity contribution in [2.45, 2.75) is 32.2 Å². The monoisotopic (exact) mass is 260 g/mol. The van der Waals surface area contributed by atoms with Gasteiger partial charge in [-0.15, -0.1) is 0 Å². The van der Waals surface area contributed by atoms with E-state index in [1.54, 1.807) is 6.26 Å². The number of hydrogen-bond acceptors (Lipinski definition) is 4. The maximum atomic E-state index is 11.8. The minimum Gasteiger partial charge on any atom is -0.305 e. The lowest BCUT2D eigenvalue weighted by Crippen LogP contribution is -2.39. The van der Waals surface area contributed by atoms with Gasteiger partial charge in [0.25, 0.3) is 0 Å². The molecule has 1 heterocycles. The van der Waals surface area contributed by atoms with Crippen LogP contribution < -0.4 is 5.32 Å².